The predicted octanol–water partition coefficient (Wildman–Crippen LogP) is 0.424. The summed E-state index contributed by atoms with van der Waals surface area (Å²) in [6.45, 7) is 3.41. The minimum absolute atomic E-state index is 0.0948. The van der Waals surface area contributed by atoms with Crippen molar-refractivity contribution in [3.8, 4) is 11.8 Å². The van der Waals surface area contributed by atoms with Crippen molar-refractivity contribution in [1.29, 1.82) is 0 Å². The van der Waals surface area contributed by atoms with Crippen LogP contribution in [0.25, 0.3) is 0 Å². The molecule has 0 aliphatic rings. The van der Waals surface area contributed by atoms with Crippen LogP contribution in [0.3, 0.4) is 0 Å². The second-order valence-corrected chi connectivity index (χ2v) is 4.24. The van der Waals surface area contributed by atoms with Crippen LogP contribution in [-0.2, 0) is 4.79 Å². The van der Waals surface area contributed by atoms with Crippen LogP contribution in [0.15, 0.2) is 18.2 Å². The summed E-state index contributed by atoms with van der Waals surface area (Å²) in [6, 6.07) is 3.09. The zero-order valence-electron chi connectivity index (χ0n) is 11.9. The fourth-order valence-corrected chi connectivity index (χ4v) is 1.57. The highest BCUT2D eigenvalue weighted by Crippen LogP contribution is 2.09. The molecule has 0 bridgehead atoms. The van der Waals surface area contributed by atoms with Gasteiger partial charge in [0.15, 0.2) is 0 Å². The van der Waals surface area contributed by atoms with E-state index in [1.54, 1.807) is 13.8 Å². The normalized spacial score (nSPS) is 11.0. The number of likely N-dealkylation sites (N-methyl/N-ethyl adjacent to an activating group) is 1. The lowest BCUT2D eigenvalue weighted by atomic mass is 10.1. The van der Waals surface area contributed by atoms with E-state index in [1.807, 2.05) is 0 Å². The van der Waals surface area contributed by atoms with Crippen molar-refractivity contribution in [3.63, 3.8) is 0 Å². The van der Waals surface area contributed by atoms with E-state index in [0.717, 1.165) is 6.07 Å². The van der Waals surface area contributed by atoms with Gasteiger partial charge in [0.1, 0.15) is 18.5 Å². The number of carbonyl (C=O) groups excluding carboxylic acids is 2. The first-order chi connectivity index (χ1) is 9.99. The van der Waals surface area contributed by atoms with E-state index in [2.05, 4.69) is 22.5 Å². The molecule has 1 aromatic carbocycles. The summed E-state index contributed by atoms with van der Waals surface area (Å²) >= 11 is 0. The van der Waals surface area contributed by atoms with Gasteiger partial charge in [0.25, 0.3) is 5.91 Å². The summed E-state index contributed by atoms with van der Waals surface area (Å²) in [5, 5.41) is 13.6. The number of carbonyl (C=O) groups is 2. The number of halogens is 1. The summed E-state index contributed by atoms with van der Waals surface area (Å²) in [5.74, 6) is 3.25. The zero-order chi connectivity index (χ0) is 15.8. The van der Waals surface area contributed by atoms with E-state index in [0.29, 0.717) is 6.54 Å². The minimum atomic E-state index is -0.714. The molecule has 0 saturated heterocycles. The van der Waals surface area contributed by atoms with Crippen LogP contribution in [0.1, 0.15) is 29.8 Å². The molecular formula is C15H17FN2O3. The molecule has 1 atom stereocenters. The van der Waals surface area contributed by atoms with Crippen molar-refractivity contribution in [2.75, 3.05) is 13.2 Å². The molecule has 0 heterocycles. The maximum absolute atomic E-state index is 13.7. The molecule has 1 aromatic rings. The smallest absolute Gasteiger partial charge is 0.252 e. The second kappa shape index (κ2) is 8.02. The van der Waals surface area contributed by atoms with E-state index in [4.69, 9.17) is 5.11 Å². The lowest BCUT2D eigenvalue weighted by molar-refractivity contribution is -0.122. The third kappa shape index (κ3) is 4.89. The first-order valence-electron chi connectivity index (χ1n) is 6.47. The molecule has 5 nitrogen and oxygen atoms in total. The molecule has 0 aliphatic heterocycles. The van der Waals surface area contributed by atoms with Gasteiger partial charge in [-0.05, 0) is 32.0 Å². The van der Waals surface area contributed by atoms with Crippen molar-refractivity contribution in [2.45, 2.75) is 19.9 Å². The highest BCUT2D eigenvalue weighted by atomic mass is 19.1. The second-order valence-electron chi connectivity index (χ2n) is 4.24. The lowest BCUT2D eigenvalue weighted by Gasteiger charge is -2.13. The van der Waals surface area contributed by atoms with Crippen LogP contribution in [0.4, 0.5) is 4.39 Å². The number of hydrogen-bond donors (Lipinski definition) is 3. The molecule has 6 heteroatoms. The van der Waals surface area contributed by atoms with Crippen LogP contribution in [0.2, 0.25) is 0 Å². The molecular weight excluding hydrogens is 275 g/mol. The Morgan fingerprint density at radius 3 is 2.71 bits per heavy atom. The summed E-state index contributed by atoms with van der Waals surface area (Å²) < 4.78 is 13.7. The van der Waals surface area contributed by atoms with Crippen LogP contribution in [0.5, 0.6) is 0 Å². The molecule has 2 amide bonds. The number of rotatable bonds is 4. The van der Waals surface area contributed by atoms with Crippen molar-refractivity contribution >= 4 is 11.8 Å². The third-order valence-corrected chi connectivity index (χ3v) is 2.63. The number of aliphatic hydroxyl groups excluding tert-OH is 1. The maximum Gasteiger partial charge on any atom is 0.252 e. The van der Waals surface area contributed by atoms with Crippen LogP contribution in [-0.4, -0.2) is 36.1 Å². The van der Waals surface area contributed by atoms with Crippen molar-refractivity contribution in [1.82, 2.24) is 10.6 Å². The Bertz CT molecular complexity index is 590. The van der Waals surface area contributed by atoms with Crippen LogP contribution < -0.4 is 10.6 Å². The number of benzene rings is 1. The van der Waals surface area contributed by atoms with Gasteiger partial charge in [-0.1, -0.05) is 11.8 Å². The monoisotopic (exact) mass is 292 g/mol. The minimum Gasteiger partial charge on any atom is -0.384 e. The van der Waals surface area contributed by atoms with E-state index >= 15 is 0 Å². The van der Waals surface area contributed by atoms with Crippen LogP contribution in [0, 0.1) is 17.7 Å². The van der Waals surface area contributed by atoms with Gasteiger partial charge in [-0.25, -0.2) is 4.39 Å². The number of amides is 2. The molecule has 1 unspecified atom stereocenters. The Hall–Kier alpha value is -2.39. The SMILES string of the molecule is CCNC(=O)C(C)NC(=O)c1ccc(C#CCO)c(F)c1. The quantitative estimate of drug-likeness (QED) is 0.704. The molecule has 112 valence electrons. The summed E-state index contributed by atoms with van der Waals surface area (Å²) in [7, 11) is 0. The van der Waals surface area contributed by atoms with Gasteiger partial charge in [-0.3, -0.25) is 9.59 Å². The highest BCUT2D eigenvalue weighted by Gasteiger charge is 2.16. The Labute approximate surface area is 122 Å². The topological polar surface area (TPSA) is 78.4 Å². The first-order valence-corrected chi connectivity index (χ1v) is 6.47. The van der Waals surface area contributed by atoms with E-state index in [9.17, 15) is 14.0 Å². The van der Waals surface area contributed by atoms with Gasteiger partial charge in [0.05, 0.1) is 5.56 Å². The summed E-state index contributed by atoms with van der Waals surface area (Å²) in [5.41, 5.74) is 0.190. The Morgan fingerprint density at radius 2 is 2.14 bits per heavy atom. The Kier molecular flexibility index (Phi) is 6.37. The molecule has 0 saturated carbocycles. The number of hydrogen-bond acceptors (Lipinski definition) is 3. The molecule has 0 aromatic heterocycles. The average Bonchev–Trinajstić information content (AvgIpc) is 2.46. The fraction of sp³-hybridized carbons (Fsp3) is 0.333. The Balaban J connectivity index is 2.80. The van der Waals surface area contributed by atoms with Gasteiger partial charge in [0, 0.05) is 12.1 Å². The molecule has 21 heavy (non-hydrogen) atoms. The van der Waals surface area contributed by atoms with E-state index in [1.165, 1.54) is 12.1 Å². The van der Waals surface area contributed by atoms with Gasteiger partial charge in [-0.15, -0.1) is 0 Å². The first kappa shape index (κ1) is 16.7. The van der Waals surface area contributed by atoms with Crippen molar-refractivity contribution in [3.05, 3.63) is 35.1 Å². The molecule has 0 radical (unpaired) electrons. The zero-order valence-corrected chi connectivity index (χ0v) is 11.9. The van der Waals surface area contributed by atoms with Gasteiger partial charge < -0.3 is 15.7 Å². The van der Waals surface area contributed by atoms with E-state index in [-0.39, 0.29) is 23.6 Å². The lowest BCUT2D eigenvalue weighted by Crippen LogP contribution is -2.44. The average molecular weight is 292 g/mol. The molecule has 0 spiro atoms. The van der Waals surface area contributed by atoms with Gasteiger partial charge >= 0.3 is 0 Å². The standard InChI is InChI=1S/C15H17FN2O3/c1-3-17-14(20)10(2)18-15(21)12-7-6-11(5-4-8-19)13(16)9-12/h6-7,9-10,19H,3,8H2,1-2H3,(H,17,20)(H,18,21). The maximum atomic E-state index is 13.7. The van der Waals surface area contributed by atoms with Gasteiger partial charge in [0.2, 0.25) is 5.91 Å². The number of aliphatic hydroxyl groups is 1. The van der Waals surface area contributed by atoms with Gasteiger partial charge in [-0.2, -0.15) is 0 Å². The predicted molar refractivity (Wildman–Crippen MR) is 76.0 cm³/mol. The van der Waals surface area contributed by atoms with E-state index < -0.39 is 17.8 Å². The third-order valence-electron chi connectivity index (χ3n) is 2.63. The molecule has 3 N–H and O–H groups in total. The van der Waals surface area contributed by atoms with Crippen molar-refractivity contribution in [2.24, 2.45) is 0 Å². The summed E-state index contributed by atoms with van der Waals surface area (Å²) in [6.07, 6.45) is 0. The summed E-state index contributed by atoms with van der Waals surface area (Å²) in [4.78, 5) is 23.4. The fourth-order valence-electron chi connectivity index (χ4n) is 1.57. The highest BCUT2D eigenvalue weighted by molar-refractivity contribution is 5.97. The molecule has 0 fully saturated rings. The van der Waals surface area contributed by atoms with Crippen LogP contribution >= 0.6 is 0 Å². The molecule has 0 aliphatic carbocycles. The van der Waals surface area contributed by atoms with Crippen molar-refractivity contribution < 1.29 is 19.1 Å². The number of nitrogens with one attached hydrogen (secondary N) is 2. The molecule has 1 rings (SSSR count). The largest absolute Gasteiger partial charge is 0.384 e. The Morgan fingerprint density at radius 1 is 1.43 bits per heavy atom.